The van der Waals surface area contributed by atoms with E-state index in [-0.39, 0.29) is 22.9 Å². The van der Waals surface area contributed by atoms with Crippen molar-refractivity contribution in [3.63, 3.8) is 0 Å². The Morgan fingerprint density at radius 1 is 1.10 bits per heavy atom. The molecule has 158 valence electrons. The van der Waals surface area contributed by atoms with E-state index in [9.17, 15) is 24.5 Å². The van der Waals surface area contributed by atoms with Crippen LogP contribution in [0, 0.1) is 10.1 Å². The van der Waals surface area contributed by atoms with Gasteiger partial charge in [0, 0.05) is 5.56 Å². The molecule has 0 saturated heterocycles. The Balaban J connectivity index is 1.91. The zero-order valence-corrected chi connectivity index (χ0v) is 16.5. The van der Waals surface area contributed by atoms with Crippen LogP contribution in [-0.4, -0.2) is 42.4 Å². The summed E-state index contributed by atoms with van der Waals surface area (Å²) >= 11 is 0. The van der Waals surface area contributed by atoms with Crippen LogP contribution < -0.4 is 14.8 Å². The van der Waals surface area contributed by atoms with Crippen molar-refractivity contribution in [1.29, 1.82) is 0 Å². The number of nitrogens with one attached hydrogen (secondary N) is 1. The van der Waals surface area contributed by atoms with Gasteiger partial charge in [-0.25, -0.2) is 4.79 Å². The van der Waals surface area contributed by atoms with Crippen LogP contribution in [0.25, 0.3) is 0 Å². The summed E-state index contributed by atoms with van der Waals surface area (Å²) in [4.78, 5) is 45.9. The number of ketones is 1. The molecule has 0 fully saturated rings. The van der Waals surface area contributed by atoms with Crippen LogP contribution in [-0.2, 0) is 14.3 Å². The number of amides is 1. The maximum Gasteiger partial charge on any atom is 0.344 e. The lowest BCUT2D eigenvalue weighted by Crippen LogP contribution is -2.31. The first-order chi connectivity index (χ1) is 14.2. The standard InChI is InChI=1S/C20H20N2O8/c1-12(23)14-4-6-15(7-5-14)29-11-19(24)30-13(2)20(25)21-17-9-8-16(28-3)10-18(17)22(26)27/h4-10,13H,11H2,1-3H3,(H,21,25)/t13-/m1/s1. The number of ether oxygens (including phenoxy) is 3. The second-order valence-electron chi connectivity index (χ2n) is 6.13. The molecular weight excluding hydrogens is 396 g/mol. The highest BCUT2D eigenvalue weighted by Gasteiger charge is 2.22. The van der Waals surface area contributed by atoms with Crippen molar-refractivity contribution in [2.45, 2.75) is 20.0 Å². The lowest BCUT2D eigenvalue weighted by Gasteiger charge is -2.14. The number of methoxy groups -OCH3 is 1. The van der Waals surface area contributed by atoms with Crippen molar-refractivity contribution in [2.24, 2.45) is 0 Å². The largest absolute Gasteiger partial charge is 0.496 e. The van der Waals surface area contributed by atoms with E-state index >= 15 is 0 Å². The molecule has 2 aromatic carbocycles. The van der Waals surface area contributed by atoms with Crippen LogP contribution >= 0.6 is 0 Å². The van der Waals surface area contributed by atoms with Gasteiger partial charge in [0.1, 0.15) is 17.2 Å². The molecule has 0 aliphatic heterocycles. The molecule has 0 bridgehead atoms. The van der Waals surface area contributed by atoms with Crippen molar-refractivity contribution in [2.75, 3.05) is 19.0 Å². The van der Waals surface area contributed by atoms with Crippen molar-refractivity contribution < 1.29 is 33.5 Å². The molecule has 2 aromatic rings. The number of carbonyl (C=O) groups excluding carboxylic acids is 3. The zero-order valence-electron chi connectivity index (χ0n) is 16.5. The number of hydrogen-bond donors (Lipinski definition) is 1. The fourth-order valence-electron chi connectivity index (χ4n) is 2.34. The van der Waals surface area contributed by atoms with Gasteiger partial charge in [-0.05, 0) is 50.2 Å². The monoisotopic (exact) mass is 416 g/mol. The molecule has 0 unspecified atom stereocenters. The summed E-state index contributed by atoms with van der Waals surface area (Å²) < 4.78 is 15.2. The molecule has 0 aliphatic rings. The number of hydrogen-bond acceptors (Lipinski definition) is 8. The molecular formula is C20H20N2O8. The van der Waals surface area contributed by atoms with Crippen molar-refractivity contribution in [3.05, 3.63) is 58.1 Å². The minimum atomic E-state index is -1.22. The van der Waals surface area contributed by atoms with E-state index in [1.54, 1.807) is 12.1 Å². The molecule has 1 amide bonds. The van der Waals surface area contributed by atoms with E-state index in [1.807, 2.05) is 0 Å². The van der Waals surface area contributed by atoms with Crippen molar-refractivity contribution in [3.8, 4) is 11.5 Å². The Kier molecular flexibility index (Phi) is 7.45. The van der Waals surface area contributed by atoms with Gasteiger partial charge in [-0.2, -0.15) is 0 Å². The maximum atomic E-state index is 12.2. The minimum absolute atomic E-state index is 0.0597. The summed E-state index contributed by atoms with van der Waals surface area (Å²) in [5, 5.41) is 13.5. The van der Waals surface area contributed by atoms with E-state index in [0.717, 1.165) is 6.07 Å². The van der Waals surface area contributed by atoms with Crippen LogP contribution in [0.15, 0.2) is 42.5 Å². The lowest BCUT2D eigenvalue weighted by atomic mass is 10.1. The number of rotatable bonds is 9. The van der Waals surface area contributed by atoms with Crippen LogP contribution in [0.1, 0.15) is 24.2 Å². The second kappa shape index (κ2) is 10.0. The molecule has 1 atom stereocenters. The summed E-state index contributed by atoms with van der Waals surface area (Å²) in [6, 6.07) is 10.1. The van der Waals surface area contributed by atoms with E-state index in [1.165, 1.54) is 45.2 Å². The summed E-state index contributed by atoms with van der Waals surface area (Å²) in [5.74, 6) is -1.05. The zero-order chi connectivity index (χ0) is 22.3. The third kappa shape index (κ3) is 6.03. The van der Waals surface area contributed by atoms with Crippen molar-refractivity contribution >= 4 is 29.0 Å². The molecule has 0 radical (unpaired) electrons. The third-order valence-electron chi connectivity index (χ3n) is 3.95. The van der Waals surface area contributed by atoms with Gasteiger partial charge >= 0.3 is 5.97 Å². The Bertz CT molecular complexity index is 956. The highest BCUT2D eigenvalue weighted by Crippen LogP contribution is 2.29. The summed E-state index contributed by atoms with van der Waals surface area (Å²) in [6.45, 7) is 2.30. The predicted molar refractivity (Wildman–Crippen MR) is 106 cm³/mol. The van der Waals surface area contributed by atoms with Crippen LogP contribution in [0.2, 0.25) is 0 Å². The average Bonchev–Trinajstić information content (AvgIpc) is 2.72. The summed E-state index contributed by atoms with van der Waals surface area (Å²) in [5.41, 5.74) is 0.0805. The smallest absolute Gasteiger partial charge is 0.344 e. The number of esters is 1. The highest BCUT2D eigenvalue weighted by atomic mass is 16.6. The van der Waals surface area contributed by atoms with E-state index in [0.29, 0.717) is 11.3 Å². The first-order valence-electron chi connectivity index (χ1n) is 8.78. The van der Waals surface area contributed by atoms with Crippen molar-refractivity contribution in [1.82, 2.24) is 0 Å². The molecule has 1 N–H and O–H groups in total. The molecule has 2 rings (SSSR count). The lowest BCUT2D eigenvalue weighted by molar-refractivity contribution is -0.384. The van der Waals surface area contributed by atoms with E-state index < -0.39 is 29.5 Å². The van der Waals surface area contributed by atoms with Crippen LogP contribution in [0.5, 0.6) is 11.5 Å². The predicted octanol–water partition coefficient (Wildman–Crippen LogP) is 2.76. The molecule has 10 heteroatoms. The fourth-order valence-corrected chi connectivity index (χ4v) is 2.34. The Hall–Kier alpha value is -3.95. The molecule has 30 heavy (non-hydrogen) atoms. The Labute approximate surface area is 171 Å². The normalized spacial score (nSPS) is 11.2. The maximum absolute atomic E-state index is 12.2. The van der Waals surface area contributed by atoms with Gasteiger partial charge in [0.2, 0.25) is 0 Å². The van der Waals surface area contributed by atoms with Gasteiger partial charge in [0.15, 0.2) is 18.5 Å². The summed E-state index contributed by atoms with van der Waals surface area (Å²) in [6.07, 6.45) is -1.22. The first kappa shape index (κ1) is 22.3. The van der Waals surface area contributed by atoms with Gasteiger partial charge in [-0.1, -0.05) is 0 Å². The fraction of sp³-hybridized carbons (Fsp3) is 0.250. The molecule has 0 saturated carbocycles. The number of nitro benzene ring substituents is 1. The van der Waals surface area contributed by atoms with Crippen LogP contribution in [0.3, 0.4) is 0 Å². The quantitative estimate of drug-likeness (QED) is 0.285. The van der Waals surface area contributed by atoms with Gasteiger partial charge in [0.25, 0.3) is 11.6 Å². The SMILES string of the molecule is COc1ccc(NC(=O)[C@@H](C)OC(=O)COc2ccc(C(C)=O)cc2)c([N+](=O)[O-])c1. The first-order valence-corrected chi connectivity index (χ1v) is 8.78. The molecule has 0 aliphatic carbocycles. The average molecular weight is 416 g/mol. The molecule has 0 heterocycles. The molecule has 0 spiro atoms. The number of anilines is 1. The number of nitro groups is 1. The minimum Gasteiger partial charge on any atom is -0.496 e. The number of Topliss-reactive ketones (excluding diaryl/α,β-unsaturated/α-hetero) is 1. The topological polar surface area (TPSA) is 134 Å². The Morgan fingerprint density at radius 2 is 1.73 bits per heavy atom. The number of nitrogens with zero attached hydrogens (tertiary/aromatic N) is 1. The second-order valence-corrected chi connectivity index (χ2v) is 6.13. The number of benzene rings is 2. The van der Waals surface area contributed by atoms with E-state index in [2.05, 4.69) is 5.32 Å². The summed E-state index contributed by atoms with van der Waals surface area (Å²) in [7, 11) is 1.36. The van der Waals surface area contributed by atoms with E-state index in [4.69, 9.17) is 14.2 Å². The molecule has 10 nitrogen and oxygen atoms in total. The van der Waals surface area contributed by atoms with Gasteiger partial charge in [-0.3, -0.25) is 19.7 Å². The van der Waals surface area contributed by atoms with Gasteiger partial charge < -0.3 is 19.5 Å². The third-order valence-corrected chi connectivity index (χ3v) is 3.95. The Morgan fingerprint density at radius 3 is 2.30 bits per heavy atom. The van der Waals surface area contributed by atoms with Gasteiger partial charge in [-0.15, -0.1) is 0 Å². The molecule has 0 aromatic heterocycles. The highest BCUT2D eigenvalue weighted by molar-refractivity contribution is 5.97. The number of carbonyl (C=O) groups is 3. The van der Waals surface area contributed by atoms with Gasteiger partial charge in [0.05, 0.1) is 18.1 Å². The van der Waals surface area contributed by atoms with Crippen LogP contribution in [0.4, 0.5) is 11.4 Å².